The normalized spacial score (nSPS) is 10.0. The third-order valence-corrected chi connectivity index (χ3v) is 4.02. The highest BCUT2D eigenvalue weighted by Crippen LogP contribution is 2.27. The molecule has 0 saturated heterocycles. The van der Waals surface area contributed by atoms with Crippen molar-refractivity contribution in [3.8, 4) is 11.8 Å². The lowest BCUT2D eigenvalue weighted by molar-refractivity contribution is -0.387. The van der Waals surface area contributed by atoms with Crippen molar-refractivity contribution in [2.24, 2.45) is 0 Å². The lowest BCUT2D eigenvalue weighted by atomic mass is 10.1. The van der Waals surface area contributed by atoms with Gasteiger partial charge in [0.2, 0.25) is 5.82 Å². The van der Waals surface area contributed by atoms with Crippen molar-refractivity contribution in [2.75, 3.05) is 13.7 Å². The van der Waals surface area contributed by atoms with Gasteiger partial charge >= 0.3 is 5.69 Å². The molecule has 0 aromatic heterocycles. The van der Waals surface area contributed by atoms with Crippen LogP contribution in [0.15, 0.2) is 30.3 Å². The number of hydrogen-bond donors (Lipinski definition) is 2. The van der Waals surface area contributed by atoms with Gasteiger partial charge in [0.25, 0.3) is 11.8 Å². The molecule has 0 spiro atoms. The van der Waals surface area contributed by atoms with E-state index >= 15 is 0 Å². The molecular formula is C18H14ClFN4O5. The molecule has 2 amide bonds. The Labute approximate surface area is 169 Å². The Kier molecular flexibility index (Phi) is 7.05. The predicted octanol–water partition coefficient (Wildman–Crippen LogP) is 2.31. The topological polar surface area (TPSA) is 134 Å². The summed E-state index contributed by atoms with van der Waals surface area (Å²) in [6.07, 6.45) is 0. The standard InChI is InChI=1S/C18H14ClFN4O5/c1-22-16(25)9-29-15-4-10(7-21)2-3-11(15)8-23-18(26)12-5-13(19)17(20)14(6-12)24(27)28/h2-6H,8-9H2,1H3,(H,22,25)(H,23,26). The van der Waals surface area contributed by atoms with Gasteiger partial charge < -0.3 is 15.4 Å². The molecule has 0 saturated carbocycles. The highest BCUT2D eigenvalue weighted by molar-refractivity contribution is 6.31. The first-order chi connectivity index (χ1) is 13.8. The van der Waals surface area contributed by atoms with E-state index in [-0.39, 0.29) is 30.0 Å². The maximum absolute atomic E-state index is 13.7. The van der Waals surface area contributed by atoms with Crippen molar-refractivity contribution < 1.29 is 23.6 Å². The van der Waals surface area contributed by atoms with E-state index < -0.39 is 33.3 Å². The number of halogens is 2. The number of nitro benzene ring substituents is 1. The van der Waals surface area contributed by atoms with E-state index in [1.165, 1.54) is 25.2 Å². The molecule has 0 unspecified atom stereocenters. The van der Waals surface area contributed by atoms with Crippen molar-refractivity contribution in [3.63, 3.8) is 0 Å². The van der Waals surface area contributed by atoms with Crippen LogP contribution >= 0.6 is 11.6 Å². The minimum atomic E-state index is -1.23. The van der Waals surface area contributed by atoms with Crippen LogP contribution in [0.25, 0.3) is 0 Å². The Balaban J connectivity index is 2.21. The fraction of sp³-hybridized carbons (Fsp3) is 0.167. The number of ether oxygens (including phenoxy) is 1. The van der Waals surface area contributed by atoms with E-state index in [0.717, 1.165) is 12.1 Å². The molecule has 0 fully saturated rings. The lowest BCUT2D eigenvalue weighted by Crippen LogP contribution is -2.26. The molecule has 2 N–H and O–H groups in total. The minimum absolute atomic E-state index is 0.0869. The number of benzene rings is 2. The molecule has 9 nitrogen and oxygen atoms in total. The van der Waals surface area contributed by atoms with Crippen LogP contribution in [0, 0.1) is 27.3 Å². The van der Waals surface area contributed by atoms with Crippen LogP contribution < -0.4 is 15.4 Å². The zero-order chi connectivity index (χ0) is 21.6. The number of nitriles is 1. The molecule has 2 aromatic carbocycles. The van der Waals surface area contributed by atoms with Crippen LogP contribution in [0.1, 0.15) is 21.5 Å². The number of hydrogen-bond acceptors (Lipinski definition) is 6. The first kappa shape index (κ1) is 21.6. The number of nitrogens with zero attached hydrogens (tertiary/aromatic N) is 2. The van der Waals surface area contributed by atoms with Crippen molar-refractivity contribution in [3.05, 3.63) is 68.0 Å². The van der Waals surface area contributed by atoms with Gasteiger partial charge in [0.15, 0.2) is 6.61 Å². The van der Waals surface area contributed by atoms with Crippen LogP contribution in [-0.2, 0) is 11.3 Å². The maximum atomic E-state index is 13.7. The SMILES string of the molecule is CNC(=O)COc1cc(C#N)ccc1CNC(=O)c1cc(Cl)c(F)c([N+](=O)[O-])c1. The van der Waals surface area contributed by atoms with E-state index in [0.29, 0.717) is 5.56 Å². The Hall–Kier alpha value is -3.71. The van der Waals surface area contributed by atoms with Crippen LogP contribution in [-0.4, -0.2) is 30.4 Å². The monoisotopic (exact) mass is 420 g/mol. The van der Waals surface area contributed by atoms with Crippen molar-refractivity contribution in [1.82, 2.24) is 10.6 Å². The van der Waals surface area contributed by atoms with E-state index in [2.05, 4.69) is 10.6 Å². The molecular weight excluding hydrogens is 407 g/mol. The average molecular weight is 421 g/mol. The molecule has 29 heavy (non-hydrogen) atoms. The molecule has 150 valence electrons. The van der Waals surface area contributed by atoms with Crippen LogP contribution in [0.4, 0.5) is 10.1 Å². The summed E-state index contributed by atoms with van der Waals surface area (Å²) in [4.78, 5) is 33.6. The van der Waals surface area contributed by atoms with Gasteiger partial charge in [-0.1, -0.05) is 17.7 Å². The van der Waals surface area contributed by atoms with E-state index in [1.54, 1.807) is 0 Å². The van der Waals surface area contributed by atoms with Gasteiger partial charge in [0.1, 0.15) is 5.75 Å². The molecule has 2 aromatic rings. The second-order valence-electron chi connectivity index (χ2n) is 5.63. The summed E-state index contributed by atoms with van der Waals surface area (Å²) in [6.45, 7) is -0.386. The van der Waals surface area contributed by atoms with Gasteiger partial charge in [-0.2, -0.15) is 9.65 Å². The predicted molar refractivity (Wildman–Crippen MR) is 100.0 cm³/mol. The summed E-state index contributed by atoms with van der Waals surface area (Å²) in [5.74, 6) is -2.16. The third-order valence-electron chi connectivity index (χ3n) is 3.74. The Morgan fingerprint density at radius 1 is 1.34 bits per heavy atom. The second-order valence-corrected chi connectivity index (χ2v) is 6.03. The molecule has 0 aliphatic rings. The van der Waals surface area contributed by atoms with Crippen molar-refractivity contribution >= 4 is 29.1 Å². The zero-order valence-electron chi connectivity index (χ0n) is 15.0. The minimum Gasteiger partial charge on any atom is -0.483 e. The van der Waals surface area contributed by atoms with Crippen LogP contribution in [0.5, 0.6) is 5.75 Å². The molecule has 0 bridgehead atoms. The molecule has 0 heterocycles. The number of nitro groups is 1. The van der Waals surface area contributed by atoms with E-state index in [4.69, 9.17) is 21.6 Å². The number of carbonyl (C=O) groups excluding carboxylic acids is 2. The molecule has 0 aliphatic heterocycles. The van der Waals surface area contributed by atoms with Crippen molar-refractivity contribution in [2.45, 2.75) is 6.54 Å². The molecule has 11 heteroatoms. The molecule has 2 rings (SSSR count). The largest absolute Gasteiger partial charge is 0.483 e. The first-order valence-corrected chi connectivity index (χ1v) is 8.42. The highest BCUT2D eigenvalue weighted by Gasteiger charge is 2.21. The van der Waals surface area contributed by atoms with Crippen LogP contribution in [0.2, 0.25) is 5.02 Å². The summed E-state index contributed by atoms with van der Waals surface area (Å²) in [5, 5.41) is 24.2. The average Bonchev–Trinajstić information content (AvgIpc) is 2.71. The number of nitrogens with one attached hydrogen (secondary N) is 2. The fourth-order valence-corrected chi connectivity index (χ4v) is 2.45. The Bertz CT molecular complexity index is 1020. The highest BCUT2D eigenvalue weighted by atomic mass is 35.5. The summed E-state index contributed by atoms with van der Waals surface area (Å²) in [6, 6.07) is 8.11. The fourth-order valence-electron chi connectivity index (χ4n) is 2.24. The summed E-state index contributed by atoms with van der Waals surface area (Å²) in [5.41, 5.74) is -0.392. The summed E-state index contributed by atoms with van der Waals surface area (Å²) >= 11 is 5.62. The number of likely N-dealkylation sites (N-methyl/N-ethyl adjacent to an activating group) is 1. The molecule has 0 atom stereocenters. The first-order valence-electron chi connectivity index (χ1n) is 8.04. The molecule has 0 aliphatic carbocycles. The number of amides is 2. The van der Waals surface area contributed by atoms with E-state index in [1.807, 2.05) is 6.07 Å². The number of carbonyl (C=O) groups is 2. The lowest BCUT2D eigenvalue weighted by Gasteiger charge is -2.12. The van der Waals surface area contributed by atoms with Gasteiger partial charge in [-0.3, -0.25) is 19.7 Å². The summed E-state index contributed by atoms with van der Waals surface area (Å²) < 4.78 is 19.1. The van der Waals surface area contributed by atoms with Crippen molar-refractivity contribution in [1.29, 1.82) is 5.26 Å². The quantitative estimate of drug-likeness (QED) is 0.521. The molecule has 0 radical (unpaired) electrons. The van der Waals surface area contributed by atoms with Gasteiger partial charge in [-0.05, 0) is 18.2 Å². The Morgan fingerprint density at radius 3 is 2.69 bits per heavy atom. The van der Waals surface area contributed by atoms with Gasteiger partial charge in [0, 0.05) is 30.8 Å². The van der Waals surface area contributed by atoms with Crippen LogP contribution in [0.3, 0.4) is 0 Å². The Morgan fingerprint density at radius 2 is 2.07 bits per heavy atom. The zero-order valence-corrected chi connectivity index (χ0v) is 15.7. The number of rotatable bonds is 7. The van der Waals surface area contributed by atoms with Gasteiger partial charge in [-0.25, -0.2) is 0 Å². The second kappa shape index (κ2) is 9.48. The third kappa shape index (κ3) is 5.40. The maximum Gasteiger partial charge on any atom is 0.307 e. The summed E-state index contributed by atoms with van der Waals surface area (Å²) in [7, 11) is 1.44. The van der Waals surface area contributed by atoms with Gasteiger partial charge in [0.05, 0.1) is 21.6 Å². The van der Waals surface area contributed by atoms with E-state index in [9.17, 15) is 24.1 Å². The van der Waals surface area contributed by atoms with Gasteiger partial charge in [-0.15, -0.1) is 0 Å². The smallest absolute Gasteiger partial charge is 0.307 e.